The standard InChI is InChI=1S/C14H31N.C3H8O4S/c1-4-5-6-7-8-9-10-11-12-13-14-15(2)3;1-3(4)2-8(5,6)7/h4-14H2,1-3H3;3-4H,2H2,1H3,(H,5,6,7). The molecule has 0 amide bonds. The molecule has 6 heteroatoms. The molecule has 0 spiro atoms. The lowest BCUT2D eigenvalue weighted by atomic mass is 10.1. The highest BCUT2D eigenvalue weighted by atomic mass is 32.2. The van der Waals surface area contributed by atoms with Crippen molar-refractivity contribution in [3.8, 4) is 0 Å². The molecule has 0 rings (SSSR count). The molecular weight excluding hydrogens is 314 g/mol. The molecule has 0 saturated carbocycles. The van der Waals surface area contributed by atoms with Crippen molar-refractivity contribution in [1.82, 2.24) is 4.90 Å². The third-order valence-corrected chi connectivity index (χ3v) is 4.31. The summed E-state index contributed by atoms with van der Waals surface area (Å²) >= 11 is 0. The van der Waals surface area contributed by atoms with E-state index in [2.05, 4.69) is 25.9 Å². The molecule has 23 heavy (non-hydrogen) atoms. The Bertz CT molecular complexity index is 329. The Morgan fingerprint density at radius 2 is 1.26 bits per heavy atom. The maximum absolute atomic E-state index is 9.84. The van der Waals surface area contributed by atoms with Gasteiger partial charge in [0.05, 0.1) is 6.10 Å². The van der Waals surface area contributed by atoms with Crippen LogP contribution < -0.4 is 0 Å². The molecule has 0 aliphatic rings. The van der Waals surface area contributed by atoms with E-state index in [1.807, 2.05) is 0 Å². The molecule has 5 nitrogen and oxygen atoms in total. The third-order valence-electron chi connectivity index (χ3n) is 3.41. The first-order valence-electron chi connectivity index (χ1n) is 8.97. The van der Waals surface area contributed by atoms with Gasteiger partial charge in [-0.1, -0.05) is 64.7 Å². The van der Waals surface area contributed by atoms with E-state index in [0.29, 0.717) is 0 Å². The van der Waals surface area contributed by atoms with E-state index in [1.54, 1.807) is 0 Å². The Kier molecular flexibility index (Phi) is 18.2. The number of nitrogens with zero attached hydrogens (tertiary/aromatic N) is 1. The smallest absolute Gasteiger partial charge is 0.267 e. The first kappa shape index (κ1) is 25.1. The number of aliphatic hydroxyl groups is 1. The van der Waals surface area contributed by atoms with E-state index >= 15 is 0 Å². The van der Waals surface area contributed by atoms with Gasteiger partial charge in [0.2, 0.25) is 0 Å². The summed E-state index contributed by atoms with van der Waals surface area (Å²) in [5.41, 5.74) is 0. The van der Waals surface area contributed by atoms with Gasteiger partial charge in [0.1, 0.15) is 5.75 Å². The van der Waals surface area contributed by atoms with Crippen LogP contribution in [0.5, 0.6) is 0 Å². The first-order valence-corrected chi connectivity index (χ1v) is 10.6. The average molecular weight is 354 g/mol. The predicted molar refractivity (Wildman–Crippen MR) is 98.5 cm³/mol. The monoisotopic (exact) mass is 353 g/mol. The second-order valence-electron chi connectivity index (χ2n) is 6.58. The van der Waals surface area contributed by atoms with Crippen LogP contribution in [0.3, 0.4) is 0 Å². The van der Waals surface area contributed by atoms with Gasteiger partial charge in [-0.2, -0.15) is 8.42 Å². The van der Waals surface area contributed by atoms with Crippen molar-refractivity contribution in [3.05, 3.63) is 0 Å². The molecule has 0 aliphatic carbocycles. The van der Waals surface area contributed by atoms with Crippen LogP contribution in [0.1, 0.15) is 78.1 Å². The Labute approximate surface area is 144 Å². The highest BCUT2D eigenvalue weighted by molar-refractivity contribution is 7.85. The summed E-state index contributed by atoms with van der Waals surface area (Å²) in [5, 5.41) is 8.35. The Hall–Kier alpha value is -0.170. The average Bonchev–Trinajstić information content (AvgIpc) is 2.38. The molecule has 1 unspecified atom stereocenters. The first-order chi connectivity index (χ1) is 10.7. The van der Waals surface area contributed by atoms with Crippen LogP contribution in [0, 0.1) is 0 Å². The van der Waals surface area contributed by atoms with Gasteiger partial charge in [-0.3, -0.25) is 4.55 Å². The zero-order valence-electron chi connectivity index (χ0n) is 15.6. The zero-order valence-corrected chi connectivity index (χ0v) is 16.4. The summed E-state index contributed by atoms with van der Waals surface area (Å²) < 4.78 is 27.7. The van der Waals surface area contributed by atoms with Crippen LogP contribution >= 0.6 is 0 Å². The molecule has 0 aliphatic heterocycles. The molecule has 0 bridgehead atoms. The van der Waals surface area contributed by atoms with Gasteiger partial charge in [0, 0.05) is 0 Å². The van der Waals surface area contributed by atoms with E-state index in [-0.39, 0.29) is 0 Å². The van der Waals surface area contributed by atoms with Gasteiger partial charge in [-0.25, -0.2) is 0 Å². The topological polar surface area (TPSA) is 77.8 Å². The summed E-state index contributed by atoms with van der Waals surface area (Å²) in [4.78, 5) is 2.28. The van der Waals surface area contributed by atoms with E-state index in [4.69, 9.17) is 9.66 Å². The third kappa shape index (κ3) is 30.3. The van der Waals surface area contributed by atoms with Crippen molar-refractivity contribution in [2.24, 2.45) is 0 Å². The van der Waals surface area contributed by atoms with Crippen molar-refractivity contribution < 1.29 is 18.1 Å². The molecular formula is C17H39NO4S. The van der Waals surface area contributed by atoms with Gasteiger partial charge in [0.25, 0.3) is 10.1 Å². The molecule has 0 heterocycles. The molecule has 0 saturated heterocycles. The predicted octanol–water partition coefficient (Wildman–Crippen LogP) is 3.72. The molecule has 0 aromatic rings. The summed E-state index contributed by atoms with van der Waals surface area (Å²) in [6, 6.07) is 0. The van der Waals surface area contributed by atoms with Crippen LogP contribution in [0.25, 0.3) is 0 Å². The summed E-state index contributed by atoms with van der Waals surface area (Å²) in [6.45, 7) is 4.83. The van der Waals surface area contributed by atoms with E-state index in [0.717, 1.165) is 0 Å². The number of hydrogen-bond donors (Lipinski definition) is 2. The Morgan fingerprint density at radius 3 is 1.52 bits per heavy atom. The second-order valence-corrected chi connectivity index (χ2v) is 8.08. The maximum atomic E-state index is 9.84. The normalized spacial score (nSPS) is 12.8. The number of hydrogen-bond acceptors (Lipinski definition) is 4. The molecule has 0 aromatic heterocycles. The fourth-order valence-electron chi connectivity index (χ4n) is 2.22. The van der Waals surface area contributed by atoms with Gasteiger partial charge in [0.15, 0.2) is 0 Å². The van der Waals surface area contributed by atoms with E-state index in [9.17, 15) is 8.42 Å². The zero-order chi connectivity index (χ0) is 18.1. The fraction of sp³-hybridized carbons (Fsp3) is 1.00. The van der Waals surface area contributed by atoms with E-state index < -0.39 is 22.0 Å². The lowest BCUT2D eigenvalue weighted by Gasteiger charge is -2.08. The highest BCUT2D eigenvalue weighted by Crippen LogP contribution is 2.10. The van der Waals surface area contributed by atoms with Crippen molar-refractivity contribution >= 4 is 10.1 Å². The maximum Gasteiger partial charge on any atom is 0.267 e. The Balaban J connectivity index is 0. The Morgan fingerprint density at radius 1 is 0.870 bits per heavy atom. The number of aliphatic hydroxyl groups excluding tert-OH is 1. The lowest BCUT2D eigenvalue weighted by Crippen LogP contribution is -2.16. The largest absolute Gasteiger partial charge is 0.392 e. The van der Waals surface area contributed by atoms with Gasteiger partial charge >= 0.3 is 0 Å². The van der Waals surface area contributed by atoms with Crippen molar-refractivity contribution in [3.63, 3.8) is 0 Å². The SMILES string of the molecule is CC(O)CS(=O)(=O)O.CCCCCCCCCCCCN(C)C. The molecule has 0 radical (unpaired) electrons. The fourth-order valence-corrected chi connectivity index (χ4v) is 2.83. The van der Waals surface area contributed by atoms with Crippen LogP contribution in [0.4, 0.5) is 0 Å². The van der Waals surface area contributed by atoms with Crippen LogP contribution in [-0.4, -0.2) is 55.5 Å². The lowest BCUT2D eigenvalue weighted by molar-refractivity contribution is 0.215. The quantitative estimate of drug-likeness (QED) is 0.390. The minimum absolute atomic E-state index is 0.590. The molecule has 0 fully saturated rings. The van der Waals surface area contributed by atoms with Crippen molar-refractivity contribution in [2.45, 2.75) is 84.2 Å². The van der Waals surface area contributed by atoms with Gasteiger partial charge in [-0.15, -0.1) is 0 Å². The van der Waals surface area contributed by atoms with Crippen molar-refractivity contribution in [1.29, 1.82) is 0 Å². The molecule has 1 atom stereocenters. The van der Waals surface area contributed by atoms with Crippen LogP contribution in [-0.2, 0) is 10.1 Å². The minimum atomic E-state index is -3.97. The van der Waals surface area contributed by atoms with Crippen molar-refractivity contribution in [2.75, 3.05) is 26.4 Å². The van der Waals surface area contributed by atoms with E-state index in [1.165, 1.54) is 77.7 Å². The summed E-state index contributed by atoms with van der Waals surface area (Å²) in [6.07, 6.45) is 13.4. The summed E-state index contributed by atoms with van der Waals surface area (Å²) in [7, 11) is 0.348. The summed E-state index contributed by atoms with van der Waals surface area (Å²) in [5.74, 6) is -0.590. The number of rotatable bonds is 13. The second kappa shape index (κ2) is 16.7. The minimum Gasteiger partial charge on any atom is -0.392 e. The highest BCUT2D eigenvalue weighted by Gasteiger charge is 2.07. The van der Waals surface area contributed by atoms with Crippen LogP contribution in [0.2, 0.25) is 0 Å². The van der Waals surface area contributed by atoms with Crippen LogP contribution in [0.15, 0.2) is 0 Å². The van der Waals surface area contributed by atoms with Gasteiger partial charge < -0.3 is 10.0 Å². The van der Waals surface area contributed by atoms with Gasteiger partial charge in [-0.05, 0) is 34.0 Å². The number of unbranched alkanes of at least 4 members (excludes halogenated alkanes) is 9. The molecule has 0 aromatic carbocycles. The molecule has 142 valence electrons. The molecule has 2 N–H and O–H groups in total.